The molecule has 162 valence electrons. The predicted octanol–water partition coefficient (Wildman–Crippen LogP) is 3.18. The molecule has 1 aliphatic rings. The number of hydrogen-bond donors (Lipinski definition) is 4. The maximum Gasteiger partial charge on any atom is 0.271 e. The first-order valence-corrected chi connectivity index (χ1v) is 10.6. The quantitative estimate of drug-likeness (QED) is 0.361. The highest BCUT2D eigenvalue weighted by molar-refractivity contribution is 7.83. The number of imidazole rings is 1. The molecule has 1 fully saturated rings. The van der Waals surface area contributed by atoms with E-state index in [1.54, 1.807) is 6.07 Å². The third-order valence-corrected chi connectivity index (χ3v) is 5.35. The van der Waals surface area contributed by atoms with Crippen molar-refractivity contribution in [2.75, 3.05) is 24.6 Å². The normalized spacial score (nSPS) is 16.1. The van der Waals surface area contributed by atoms with Gasteiger partial charge in [-0.1, -0.05) is 6.07 Å². The van der Waals surface area contributed by atoms with E-state index in [9.17, 15) is 4.79 Å². The standard InChI is InChI=1S/C22H26N6O2S/c1-14-11-18(28-8-9-30-22(2,3)13-28)23-12-16(14)20-25-17-6-4-5-15(19(17)26-20)21(29)27-24-7-10-31/h4-7,10-12,24,31H,8-9,13H2,1-3H3,(H,25,26)(H,27,29)/b10-7-. The molecule has 3 heterocycles. The van der Waals surface area contributed by atoms with Gasteiger partial charge < -0.3 is 20.0 Å². The van der Waals surface area contributed by atoms with E-state index in [0.29, 0.717) is 23.5 Å². The van der Waals surface area contributed by atoms with Crippen molar-refractivity contribution in [3.8, 4) is 11.4 Å². The number of aryl methyl sites for hydroxylation is 1. The van der Waals surface area contributed by atoms with Crippen LogP contribution in [0.15, 0.2) is 42.1 Å². The Morgan fingerprint density at radius 2 is 2.23 bits per heavy atom. The summed E-state index contributed by atoms with van der Waals surface area (Å²) in [5, 5.41) is 1.49. The van der Waals surface area contributed by atoms with Crippen molar-refractivity contribution in [3.05, 3.63) is 53.2 Å². The Labute approximate surface area is 186 Å². The summed E-state index contributed by atoms with van der Waals surface area (Å²) in [6.45, 7) is 8.51. The maximum absolute atomic E-state index is 12.5. The molecule has 0 saturated carbocycles. The lowest BCUT2D eigenvalue weighted by molar-refractivity contribution is -0.0279. The number of aromatic nitrogens is 3. The average molecular weight is 439 g/mol. The molecule has 0 atom stereocenters. The molecule has 1 aromatic carbocycles. The lowest BCUT2D eigenvalue weighted by Gasteiger charge is -2.38. The number of benzene rings is 1. The number of para-hydroxylation sites is 1. The van der Waals surface area contributed by atoms with Crippen molar-refractivity contribution >= 4 is 35.4 Å². The van der Waals surface area contributed by atoms with E-state index in [1.165, 1.54) is 11.6 Å². The number of amides is 1. The second-order valence-corrected chi connectivity index (χ2v) is 8.39. The number of H-pyrrole nitrogens is 1. The van der Waals surface area contributed by atoms with Crippen LogP contribution >= 0.6 is 12.6 Å². The molecule has 1 amide bonds. The van der Waals surface area contributed by atoms with Gasteiger partial charge in [-0.25, -0.2) is 9.97 Å². The fraction of sp³-hybridized carbons (Fsp3) is 0.318. The van der Waals surface area contributed by atoms with Crippen LogP contribution in [0.2, 0.25) is 0 Å². The number of thiol groups is 1. The van der Waals surface area contributed by atoms with Crippen molar-refractivity contribution in [3.63, 3.8) is 0 Å². The minimum atomic E-state index is -0.282. The lowest BCUT2D eigenvalue weighted by atomic mass is 10.1. The summed E-state index contributed by atoms with van der Waals surface area (Å²) in [7, 11) is 0. The summed E-state index contributed by atoms with van der Waals surface area (Å²) in [5.74, 6) is 1.32. The number of anilines is 1. The summed E-state index contributed by atoms with van der Waals surface area (Å²) in [6, 6.07) is 7.53. The van der Waals surface area contributed by atoms with Gasteiger partial charge in [0.05, 0.1) is 23.3 Å². The SMILES string of the molecule is Cc1cc(N2CCOC(C)(C)C2)ncc1-c1nc2c(C(=O)NN/C=C\S)cccc2[nH]1. The van der Waals surface area contributed by atoms with Crippen LogP contribution in [0.1, 0.15) is 29.8 Å². The Morgan fingerprint density at radius 1 is 1.39 bits per heavy atom. The van der Waals surface area contributed by atoms with Gasteiger partial charge in [-0.2, -0.15) is 0 Å². The summed E-state index contributed by atoms with van der Waals surface area (Å²) in [6.07, 6.45) is 3.35. The zero-order valence-corrected chi connectivity index (χ0v) is 18.7. The number of hydrazine groups is 1. The molecule has 0 radical (unpaired) electrons. The van der Waals surface area contributed by atoms with E-state index in [0.717, 1.165) is 35.6 Å². The number of carbonyl (C=O) groups is 1. The largest absolute Gasteiger partial charge is 0.372 e. The van der Waals surface area contributed by atoms with Gasteiger partial charge in [-0.15, -0.1) is 12.6 Å². The van der Waals surface area contributed by atoms with Gasteiger partial charge in [0.1, 0.15) is 17.2 Å². The van der Waals surface area contributed by atoms with Crippen molar-refractivity contribution in [2.45, 2.75) is 26.4 Å². The highest BCUT2D eigenvalue weighted by atomic mass is 32.1. The van der Waals surface area contributed by atoms with E-state index in [2.05, 4.69) is 58.3 Å². The summed E-state index contributed by atoms with van der Waals surface area (Å²) in [4.78, 5) is 27.5. The van der Waals surface area contributed by atoms with Gasteiger partial charge in [-0.3, -0.25) is 10.2 Å². The van der Waals surface area contributed by atoms with Crippen molar-refractivity contribution in [2.24, 2.45) is 0 Å². The molecule has 0 unspecified atom stereocenters. The number of pyridine rings is 1. The average Bonchev–Trinajstić information content (AvgIpc) is 3.17. The Balaban J connectivity index is 1.63. The van der Waals surface area contributed by atoms with E-state index < -0.39 is 0 Å². The molecule has 3 N–H and O–H groups in total. The van der Waals surface area contributed by atoms with E-state index >= 15 is 0 Å². The van der Waals surface area contributed by atoms with Crippen LogP contribution in [0.4, 0.5) is 5.82 Å². The number of aromatic amines is 1. The zero-order chi connectivity index (χ0) is 22.0. The predicted molar refractivity (Wildman–Crippen MR) is 125 cm³/mol. The summed E-state index contributed by atoms with van der Waals surface area (Å²) in [5.41, 5.74) is 8.88. The fourth-order valence-electron chi connectivity index (χ4n) is 3.73. The van der Waals surface area contributed by atoms with Gasteiger partial charge in [-0.05, 0) is 49.9 Å². The maximum atomic E-state index is 12.5. The second kappa shape index (κ2) is 8.60. The first kappa shape index (κ1) is 21.2. The third-order valence-electron chi connectivity index (χ3n) is 5.20. The number of nitrogens with zero attached hydrogens (tertiary/aromatic N) is 3. The van der Waals surface area contributed by atoms with Crippen LogP contribution < -0.4 is 15.8 Å². The number of morpholine rings is 1. The molecule has 0 bridgehead atoms. The van der Waals surface area contributed by atoms with Gasteiger partial charge in [0.2, 0.25) is 0 Å². The molecule has 2 aromatic heterocycles. The van der Waals surface area contributed by atoms with E-state index in [4.69, 9.17) is 9.72 Å². The number of fused-ring (bicyclic) bond motifs is 1. The van der Waals surface area contributed by atoms with Gasteiger partial charge in [0.25, 0.3) is 5.91 Å². The molecular weight excluding hydrogens is 412 g/mol. The van der Waals surface area contributed by atoms with Crippen LogP contribution in [0.25, 0.3) is 22.4 Å². The summed E-state index contributed by atoms with van der Waals surface area (Å²) < 4.78 is 5.81. The van der Waals surface area contributed by atoms with Gasteiger partial charge >= 0.3 is 0 Å². The molecule has 1 saturated heterocycles. The minimum absolute atomic E-state index is 0.195. The molecule has 8 nitrogen and oxygen atoms in total. The van der Waals surface area contributed by atoms with Crippen LogP contribution in [0, 0.1) is 6.92 Å². The van der Waals surface area contributed by atoms with Crippen molar-refractivity contribution in [1.82, 2.24) is 25.8 Å². The Bertz CT molecular complexity index is 1140. The monoisotopic (exact) mass is 438 g/mol. The van der Waals surface area contributed by atoms with Gasteiger partial charge in [0, 0.05) is 31.0 Å². The molecule has 1 aliphatic heterocycles. The van der Waals surface area contributed by atoms with Crippen molar-refractivity contribution < 1.29 is 9.53 Å². The molecule has 0 spiro atoms. The minimum Gasteiger partial charge on any atom is -0.372 e. The van der Waals surface area contributed by atoms with Crippen LogP contribution in [-0.4, -0.2) is 46.2 Å². The first-order chi connectivity index (χ1) is 14.9. The molecule has 0 aliphatic carbocycles. The second-order valence-electron chi connectivity index (χ2n) is 8.09. The molecule has 4 rings (SSSR count). The fourth-order valence-corrected chi connectivity index (χ4v) is 3.80. The Morgan fingerprint density at radius 3 is 2.97 bits per heavy atom. The first-order valence-electron chi connectivity index (χ1n) is 10.1. The summed E-state index contributed by atoms with van der Waals surface area (Å²) >= 11 is 3.95. The molecular formula is C22H26N6O2S. The Kier molecular flexibility index (Phi) is 5.88. The van der Waals surface area contributed by atoms with E-state index in [-0.39, 0.29) is 11.5 Å². The number of nitrogens with one attached hydrogen (secondary N) is 3. The van der Waals surface area contributed by atoms with Crippen LogP contribution in [0.5, 0.6) is 0 Å². The number of carbonyl (C=O) groups excluding carboxylic acids is 1. The number of ether oxygens (including phenoxy) is 1. The number of hydrogen-bond acceptors (Lipinski definition) is 7. The third kappa shape index (κ3) is 4.52. The smallest absolute Gasteiger partial charge is 0.271 e. The van der Waals surface area contributed by atoms with Crippen LogP contribution in [-0.2, 0) is 4.74 Å². The molecule has 31 heavy (non-hydrogen) atoms. The molecule has 3 aromatic rings. The number of rotatable bonds is 5. The Hall–Kier alpha value is -3.04. The topological polar surface area (TPSA) is 95.2 Å². The van der Waals surface area contributed by atoms with E-state index in [1.807, 2.05) is 25.3 Å². The highest BCUT2D eigenvalue weighted by Gasteiger charge is 2.28. The highest BCUT2D eigenvalue weighted by Crippen LogP contribution is 2.28. The lowest BCUT2D eigenvalue weighted by Crippen LogP contribution is -2.48. The zero-order valence-electron chi connectivity index (χ0n) is 17.8. The van der Waals surface area contributed by atoms with Crippen molar-refractivity contribution in [1.29, 1.82) is 0 Å². The van der Waals surface area contributed by atoms with Gasteiger partial charge in [0.15, 0.2) is 0 Å². The van der Waals surface area contributed by atoms with Crippen LogP contribution in [0.3, 0.4) is 0 Å². The molecule has 9 heteroatoms.